The number of hydrazone groups is 1. The number of benzene rings is 2. The van der Waals surface area contributed by atoms with E-state index < -0.39 is 0 Å². The first-order valence-corrected chi connectivity index (χ1v) is 9.56. The topological polar surface area (TPSA) is 77.2 Å². The van der Waals surface area contributed by atoms with Crippen molar-refractivity contribution in [3.05, 3.63) is 50.9 Å². The van der Waals surface area contributed by atoms with Crippen molar-refractivity contribution in [2.75, 3.05) is 12.5 Å². The monoisotopic (exact) mass is 488 g/mol. The highest BCUT2D eigenvalue weighted by Crippen LogP contribution is 2.28. The van der Waals surface area contributed by atoms with Crippen LogP contribution < -0.4 is 10.2 Å². The third-order valence-electron chi connectivity index (χ3n) is 4.12. The molecule has 0 aliphatic heterocycles. The van der Waals surface area contributed by atoms with E-state index in [0.717, 1.165) is 42.3 Å². The summed E-state index contributed by atoms with van der Waals surface area (Å²) in [5.74, 6) is 1.09. The van der Waals surface area contributed by atoms with Crippen LogP contribution >= 0.6 is 31.9 Å². The molecule has 4 rings (SSSR count). The minimum atomic E-state index is 0.330. The minimum Gasteiger partial charge on any atom is -0.496 e. The van der Waals surface area contributed by atoms with Gasteiger partial charge in [0.2, 0.25) is 0 Å². The van der Waals surface area contributed by atoms with Gasteiger partial charge in [0.25, 0.3) is 5.95 Å². The molecule has 0 aliphatic carbocycles. The fourth-order valence-corrected chi connectivity index (χ4v) is 3.72. The van der Waals surface area contributed by atoms with E-state index in [1.54, 1.807) is 13.3 Å². The number of ether oxygens (including phenoxy) is 1. The number of halogens is 2. The summed E-state index contributed by atoms with van der Waals surface area (Å²) < 4.78 is 9.05. The highest BCUT2D eigenvalue weighted by atomic mass is 79.9. The molecular weight excluding hydrogens is 476 g/mol. The van der Waals surface area contributed by atoms with Crippen LogP contribution in [0.5, 0.6) is 5.75 Å². The third-order valence-corrected chi connectivity index (χ3v) is 5.23. The average Bonchev–Trinajstić information content (AvgIpc) is 2.93. The van der Waals surface area contributed by atoms with Gasteiger partial charge in [-0.15, -0.1) is 10.2 Å². The molecular formula is C18H14Br2N6O. The Morgan fingerprint density at radius 2 is 2.00 bits per heavy atom. The van der Waals surface area contributed by atoms with Gasteiger partial charge in [0.15, 0.2) is 5.65 Å². The van der Waals surface area contributed by atoms with E-state index in [9.17, 15) is 0 Å². The molecule has 0 unspecified atom stereocenters. The van der Waals surface area contributed by atoms with Crippen molar-refractivity contribution in [2.24, 2.45) is 12.1 Å². The van der Waals surface area contributed by atoms with Crippen LogP contribution in [0, 0.1) is 0 Å². The van der Waals surface area contributed by atoms with Crippen LogP contribution in [0.15, 0.2) is 50.4 Å². The summed E-state index contributed by atoms with van der Waals surface area (Å²) in [7, 11) is 3.58. The smallest absolute Gasteiger partial charge is 0.265 e. The lowest BCUT2D eigenvalue weighted by molar-refractivity contribution is 0.412. The molecule has 9 heteroatoms. The van der Waals surface area contributed by atoms with Gasteiger partial charge in [0.05, 0.1) is 23.3 Å². The van der Waals surface area contributed by atoms with E-state index in [0.29, 0.717) is 5.95 Å². The number of anilines is 1. The predicted molar refractivity (Wildman–Crippen MR) is 113 cm³/mol. The van der Waals surface area contributed by atoms with Crippen molar-refractivity contribution < 1.29 is 4.74 Å². The van der Waals surface area contributed by atoms with Crippen LogP contribution in [0.1, 0.15) is 5.56 Å². The van der Waals surface area contributed by atoms with Crippen molar-refractivity contribution in [3.8, 4) is 5.75 Å². The quantitative estimate of drug-likeness (QED) is 0.337. The zero-order chi connectivity index (χ0) is 19.0. The molecule has 4 aromatic rings. The summed E-state index contributed by atoms with van der Waals surface area (Å²) in [5.41, 5.74) is 6.27. The van der Waals surface area contributed by atoms with Crippen LogP contribution in [-0.4, -0.2) is 33.1 Å². The Morgan fingerprint density at radius 3 is 2.78 bits per heavy atom. The van der Waals surface area contributed by atoms with E-state index in [4.69, 9.17) is 4.74 Å². The summed E-state index contributed by atoms with van der Waals surface area (Å²) in [6.45, 7) is 0. The van der Waals surface area contributed by atoms with E-state index >= 15 is 0 Å². The lowest BCUT2D eigenvalue weighted by Crippen LogP contribution is -2.00. The van der Waals surface area contributed by atoms with Gasteiger partial charge in [-0.2, -0.15) is 10.1 Å². The Hall–Kier alpha value is -2.52. The Kier molecular flexibility index (Phi) is 4.79. The van der Waals surface area contributed by atoms with Gasteiger partial charge >= 0.3 is 0 Å². The molecule has 0 bridgehead atoms. The van der Waals surface area contributed by atoms with E-state index in [-0.39, 0.29) is 0 Å². The van der Waals surface area contributed by atoms with Crippen LogP contribution in [0.4, 0.5) is 5.95 Å². The van der Waals surface area contributed by atoms with Gasteiger partial charge in [0, 0.05) is 16.9 Å². The summed E-state index contributed by atoms with van der Waals surface area (Å²) in [5, 5.41) is 13.6. The highest BCUT2D eigenvalue weighted by molar-refractivity contribution is 9.10. The summed E-state index contributed by atoms with van der Waals surface area (Å²) in [4.78, 5) is 4.54. The first-order valence-electron chi connectivity index (χ1n) is 7.98. The number of nitrogens with zero attached hydrogens (tertiary/aromatic N) is 5. The largest absolute Gasteiger partial charge is 0.496 e. The normalized spacial score (nSPS) is 11.6. The maximum atomic E-state index is 5.22. The number of nitrogens with one attached hydrogen (secondary N) is 1. The number of aryl methyl sites for hydroxylation is 1. The van der Waals surface area contributed by atoms with Crippen LogP contribution in [0.25, 0.3) is 22.1 Å². The molecule has 2 heterocycles. The summed E-state index contributed by atoms with van der Waals surface area (Å²) in [6, 6.07) is 11.7. The number of hydrogen-bond acceptors (Lipinski definition) is 6. The second-order valence-electron chi connectivity index (χ2n) is 5.79. The molecule has 0 saturated carbocycles. The zero-order valence-corrected chi connectivity index (χ0v) is 17.6. The molecule has 2 aromatic carbocycles. The minimum absolute atomic E-state index is 0.330. The summed E-state index contributed by atoms with van der Waals surface area (Å²) >= 11 is 6.94. The van der Waals surface area contributed by atoms with Gasteiger partial charge in [0.1, 0.15) is 11.3 Å². The van der Waals surface area contributed by atoms with Crippen LogP contribution in [0.3, 0.4) is 0 Å². The molecule has 1 N–H and O–H groups in total. The van der Waals surface area contributed by atoms with Crippen molar-refractivity contribution in [1.29, 1.82) is 0 Å². The molecule has 0 amide bonds. The van der Waals surface area contributed by atoms with Gasteiger partial charge in [-0.1, -0.05) is 15.9 Å². The Labute approximate surface area is 171 Å². The zero-order valence-electron chi connectivity index (χ0n) is 14.4. The maximum Gasteiger partial charge on any atom is 0.265 e. The molecule has 0 saturated heterocycles. The number of hydrogen-bond donors (Lipinski definition) is 1. The van der Waals surface area contributed by atoms with Crippen LogP contribution in [-0.2, 0) is 7.05 Å². The van der Waals surface area contributed by atoms with Crippen molar-refractivity contribution >= 4 is 66.1 Å². The fraction of sp³-hybridized carbons (Fsp3) is 0.111. The number of methoxy groups -OCH3 is 1. The molecule has 0 spiro atoms. The van der Waals surface area contributed by atoms with Crippen molar-refractivity contribution in [1.82, 2.24) is 19.7 Å². The first-order chi connectivity index (χ1) is 13.1. The third kappa shape index (κ3) is 3.40. The Morgan fingerprint density at radius 1 is 1.15 bits per heavy atom. The first kappa shape index (κ1) is 17.9. The number of aromatic nitrogens is 4. The average molecular weight is 490 g/mol. The van der Waals surface area contributed by atoms with Gasteiger partial charge in [-0.25, -0.2) is 5.43 Å². The molecule has 2 aromatic heterocycles. The SMILES string of the molecule is COc1ccc(/C=N/Nc2nnc3c4cc(Br)ccc4n(C)c3n2)cc1Br. The van der Waals surface area contributed by atoms with Crippen molar-refractivity contribution in [2.45, 2.75) is 0 Å². The number of fused-ring (bicyclic) bond motifs is 3. The molecule has 27 heavy (non-hydrogen) atoms. The second kappa shape index (κ2) is 7.24. The molecule has 0 aliphatic rings. The Balaban J connectivity index is 1.62. The lowest BCUT2D eigenvalue weighted by Gasteiger charge is -2.03. The fourth-order valence-electron chi connectivity index (χ4n) is 2.81. The summed E-state index contributed by atoms with van der Waals surface area (Å²) in [6.07, 6.45) is 1.68. The van der Waals surface area contributed by atoms with Gasteiger partial charge < -0.3 is 9.30 Å². The Bertz CT molecular complexity index is 1190. The molecule has 0 radical (unpaired) electrons. The van der Waals surface area contributed by atoms with Crippen molar-refractivity contribution in [3.63, 3.8) is 0 Å². The van der Waals surface area contributed by atoms with Gasteiger partial charge in [-0.3, -0.25) is 0 Å². The predicted octanol–water partition coefficient (Wildman–Crippen LogP) is 4.50. The van der Waals surface area contributed by atoms with Crippen LogP contribution in [0.2, 0.25) is 0 Å². The molecule has 136 valence electrons. The van der Waals surface area contributed by atoms with E-state index in [1.165, 1.54) is 0 Å². The molecule has 0 atom stereocenters. The number of rotatable bonds is 4. The lowest BCUT2D eigenvalue weighted by atomic mass is 10.2. The maximum absolute atomic E-state index is 5.22. The second-order valence-corrected chi connectivity index (χ2v) is 7.56. The highest BCUT2D eigenvalue weighted by Gasteiger charge is 2.12. The molecule has 0 fully saturated rings. The molecule has 7 nitrogen and oxygen atoms in total. The van der Waals surface area contributed by atoms with E-state index in [2.05, 4.69) is 57.6 Å². The van der Waals surface area contributed by atoms with E-state index in [1.807, 2.05) is 48.0 Å². The van der Waals surface area contributed by atoms with Gasteiger partial charge in [-0.05, 0) is 57.9 Å². The standard InChI is InChI=1S/C18H14Br2N6O/c1-26-14-5-4-11(19)8-12(14)16-17(26)22-18(25-23-16)24-21-9-10-3-6-15(27-2)13(20)7-10/h3-9H,1-2H3,(H,22,24,25)/b21-9+.